The van der Waals surface area contributed by atoms with Crippen molar-refractivity contribution in [3.05, 3.63) is 47.8 Å². The smallest absolute Gasteiger partial charge is 0.227 e. The van der Waals surface area contributed by atoms with Gasteiger partial charge in [-0.1, -0.05) is 24.3 Å². The highest BCUT2D eigenvalue weighted by Gasteiger charge is 2.04. The molecule has 0 saturated heterocycles. The van der Waals surface area contributed by atoms with Gasteiger partial charge in [0, 0.05) is 19.3 Å². The van der Waals surface area contributed by atoms with Crippen LogP contribution in [-0.4, -0.2) is 10.8 Å². The highest BCUT2D eigenvalue weighted by atomic mass is 16.2. The van der Waals surface area contributed by atoms with Gasteiger partial charge in [0.05, 0.1) is 0 Å². The van der Waals surface area contributed by atoms with E-state index >= 15 is 0 Å². The molecular formula is C12H11NO. The molecule has 1 aromatic carbocycles. The van der Waals surface area contributed by atoms with Crippen LogP contribution in [0.25, 0.3) is 12.2 Å². The largest absolute Gasteiger partial charge is 0.295 e. The molecule has 0 atom stereocenters. The van der Waals surface area contributed by atoms with Crippen LogP contribution < -0.4 is 0 Å². The van der Waals surface area contributed by atoms with Crippen LogP contribution >= 0.6 is 0 Å². The molecule has 0 aromatic heterocycles. The number of benzene rings is 1. The average Bonchev–Trinajstić information content (AvgIpc) is 2.39. The molecular weight excluding hydrogens is 174 g/mol. The summed E-state index contributed by atoms with van der Waals surface area (Å²) < 4.78 is 0. The van der Waals surface area contributed by atoms with Gasteiger partial charge in [0.2, 0.25) is 5.91 Å². The SMILES string of the molecule is CC(=O)N1C=Cc2ccccc2C=C1. The fraction of sp³-hybridized carbons (Fsp3) is 0.0833. The van der Waals surface area contributed by atoms with Crippen LogP contribution in [0.4, 0.5) is 0 Å². The maximum Gasteiger partial charge on any atom is 0.227 e. The summed E-state index contributed by atoms with van der Waals surface area (Å²) in [5.41, 5.74) is 2.26. The number of fused-ring (bicyclic) bond motifs is 1. The zero-order valence-corrected chi connectivity index (χ0v) is 7.97. The monoisotopic (exact) mass is 185 g/mol. The molecule has 0 bridgehead atoms. The van der Waals surface area contributed by atoms with Gasteiger partial charge >= 0.3 is 0 Å². The molecule has 1 heterocycles. The van der Waals surface area contributed by atoms with Gasteiger partial charge in [-0.15, -0.1) is 0 Å². The summed E-state index contributed by atoms with van der Waals surface area (Å²) in [6.45, 7) is 1.55. The van der Waals surface area contributed by atoms with E-state index in [1.165, 1.54) is 0 Å². The first-order valence-electron chi connectivity index (χ1n) is 4.52. The molecule has 1 aliphatic heterocycles. The van der Waals surface area contributed by atoms with Crippen molar-refractivity contribution in [2.45, 2.75) is 6.92 Å². The van der Waals surface area contributed by atoms with Gasteiger partial charge in [-0.2, -0.15) is 0 Å². The average molecular weight is 185 g/mol. The Morgan fingerprint density at radius 3 is 2.00 bits per heavy atom. The second-order valence-corrected chi connectivity index (χ2v) is 3.19. The lowest BCUT2D eigenvalue weighted by Crippen LogP contribution is -2.14. The predicted molar refractivity (Wildman–Crippen MR) is 57.0 cm³/mol. The number of hydrogen-bond acceptors (Lipinski definition) is 1. The van der Waals surface area contributed by atoms with E-state index in [9.17, 15) is 4.79 Å². The van der Waals surface area contributed by atoms with Gasteiger partial charge in [0.1, 0.15) is 0 Å². The molecule has 0 saturated carbocycles. The number of carbonyl (C=O) groups is 1. The first-order chi connectivity index (χ1) is 6.77. The molecule has 70 valence electrons. The lowest BCUT2D eigenvalue weighted by molar-refractivity contribution is -0.124. The molecule has 0 fully saturated rings. The molecule has 1 aliphatic rings. The molecule has 1 amide bonds. The Labute approximate surface area is 83.2 Å². The predicted octanol–water partition coefficient (Wildman–Crippen LogP) is 2.49. The van der Waals surface area contributed by atoms with E-state index in [4.69, 9.17) is 0 Å². The molecule has 2 nitrogen and oxygen atoms in total. The van der Waals surface area contributed by atoms with Crippen LogP contribution in [-0.2, 0) is 4.79 Å². The van der Waals surface area contributed by atoms with Crippen LogP contribution in [0.3, 0.4) is 0 Å². The van der Waals surface area contributed by atoms with Crippen LogP contribution in [0.15, 0.2) is 36.7 Å². The number of rotatable bonds is 0. The topological polar surface area (TPSA) is 20.3 Å². The fourth-order valence-electron chi connectivity index (χ4n) is 1.40. The number of amides is 1. The van der Waals surface area contributed by atoms with Crippen molar-refractivity contribution in [1.29, 1.82) is 0 Å². The van der Waals surface area contributed by atoms with E-state index in [-0.39, 0.29) is 5.91 Å². The molecule has 0 N–H and O–H groups in total. The maximum atomic E-state index is 11.1. The third kappa shape index (κ3) is 1.59. The number of carbonyl (C=O) groups excluding carboxylic acids is 1. The van der Waals surface area contributed by atoms with Crippen molar-refractivity contribution in [2.75, 3.05) is 0 Å². The van der Waals surface area contributed by atoms with Crippen molar-refractivity contribution >= 4 is 18.1 Å². The molecule has 2 heteroatoms. The third-order valence-corrected chi connectivity index (χ3v) is 2.19. The fourth-order valence-corrected chi connectivity index (χ4v) is 1.40. The van der Waals surface area contributed by atoms with Crippen molar-refractivity contribution in [3.8, 4) is 0 Å². The van der Waals surface area contributed by atoms with Gasteiger partial charge in [0.25, 0.3) is 0 Å². The molecule has 14 heavy (non-hydrogen) atoms. The minimum atomic E-state index is 0.0188. The molecule has 0 radical (unpaired) electrons. The molecule has 0 unspecified atom stereocenters. The van der Waals surface area contributed by atoms with E-state index in [0.29, 0.717) is 0 Å². The highest BCUT2D eigenvalue weighted by molar-refractivity contribution is 5.79. The van der Waals surface area contributed by atoms with Crippen LogP contribution in [0.5, 0.6) is 0 Å². The number of nitrogens with zero attached hydrogens (tertiary/aromatic N) is 1. The van der Waals surface area contributed by atoms with Gasteiger partial charge < -0.3 is 0 Å². The Hall–Kier alpha value is -1.83. The summed E-state index contributed by atoms with van der Waals surface area (Å²) in [6, 6.07) is 8.03. The normalized spacial score (nSPS) is 13.6. The van der Waals surface area contributed by atoms with Gasteiger partial charge in [-0.05, 0) is 23.3 Å². The van der Waals surface area contributed by atoms with Crippen molar-refractivity contribution < 1.29 is 4.79 Å². The first kappa shape index (κ1) is 8.75. The molecule has 0 spiro atoms. The van der Waals surface area contributed by atoms with Crippen molar-refractivity contribution in [1.82, 2.24) is 4.90 Å². The zero-order valence-electron chi connectivity index (χ0n) is 7.97. The lowest BCUT2D eigenvalue weighted by atomic mass is 10.1. The zero-order chi connectivity index (χ0) is 9.97. The second kappa shape index (κ2) is 3.50. The summed E-state index contributed by atoms with van der Waals surface area (Å²) in [7, 11) is 0. The van der Waals surface area contributed by atoms with Crippen molar-refractivity contribution in [3.63, 3.8) is 0 Å². The van der Waals surface area contributed by atoms with E-state index in [1.807, 2.05) is 36.4 Å². The Morgan fingerprint density at radius 2 is 1.57 bits per heavy atom. The van der Waals surface area contributed by atoms with Crippen LogP contribution in [0, 0.1) is 0 Å². The molecule has 2 rings (SSSR count). The van der Waals surface area contributed by atoms with Crippen molar-refractivity contribution in [2.24, 2.45) is 0 Å². The minimum Gasteiger partial charge on any atom is -0.295 e. The standard InChI is InChI=1S/C12H11NO/c1-10(14)13-8-6-11-4-2-3-5-12(11)7-9-13/h2-9H,1H3. The molecule has 0 aliphatic carbocycles. The van der Waals surface area contributed by atoms with Crippen LogP contribution in [0.1, 0.15) is 18.1 Å². The summed E-state index contributed by atoms with van der Waals surface area (Å²) in [6.07, 6.45) is 7.45. The Balaban J connectivity index is 2.42. The van der Waals surface area contributed by atoms with E-state index in [1.54, 1.807) is 24.2 Å². The Morgan fingerprint density at radius 1 is 1.07 bits per heavy atom. The van der Waals surface area contributed by atoms with E-state index < -0.39 is 0 Å². The highest BCUT2D eigenvalue weighted by Crippen LogP contribution is 2.16. The Bertz CT molecular complexity index is 385. The third-order valence-electron chi connectivity index (χ3n) is 2.19. The summed E-state index contributed by atoms with van der Waals surface area (Å²) in [5.74, 6) is 0.0188. The summed E-state index contributed by atoms with van der Waals surface area (Å²) in [4.78, 5) is 12.7. The molecule has 1 aromatic rings. The Kier molecular flexibility index (Phi) is 2.19. The first-order valence-corrected chi connectivity index (χ1v) is 4.52. The van der Waals surface area contributed by atoms with Gasteiger partial charge in [-0.25, -0.2) is 0 Å². The minimum absolute atomic E-state index is 0.0188. The van der Waals surface area contributed by atoms with Gasteiger partial charge in [-0.3, -0.25) is 9.69 Å². The maximum absolute atomic E-state index is 11.1. The summed E-state index contributed by atoms with van der Waals surface area (Å²) >= 11 is 0. The van der Waals surface area contributed by atoms with Gasteiger partial charge in [0.15, 0.2) is 0 Å². The van der Waals surface area contributed by atoms with E-state index in [0.717, 1.165) is 11.1 Å². The second-order valence-electron chi connectivity index (χ2n) is 3.19. The number of hydrogen-bond donors (Lipinski definition) is 0. The van der Waals surface area contributed by atoms with Crippen LogP contribution in [0.2, 0.25) is 0 Å². The summed E-state index contributed by atoms with van der Waals surface area (Å²) in [5, 5.41) is 0. The van der Waals surface area contributed by atoms with E-state index in [2.05, 4.69) is 0 Å². The lowest BCUT2D eigenvalue weighted by Gasteiger charge is -2.07. The quantitative estimate of drug-likeness (QED) is 0.608.